The Kier molecular flexibility index (Phi) is 7.98. The molecule has 0 saturated heterocycles. The van der Waals surface area contributed by atoms with E-state index in [-0.39, 0.29) is 35.0 Å². The average molecular weight is 738 g/mol. The monoisotopic (exact) mass is 737 g/mol. The van der Waals surface area contributed by atoms with Gasteiger partial charge in [-0.15, -0.1) is 0 Å². The number of aliphatic hydroxyl groups excluding tert-OH is 1. The van der Waals surface area contributed by atoms with Crippen molar-refractivity contribution >= 4 is 15.8 Å². The number of hydrogen-bond donors (Lipinski definition) is 2. The van der Waals surface area contributed by atoms with E-state index >= 15 is 4.79 Å². The predicted octanol–water partition coefficient (Wildman–Crippen LogP) is 8.46. The summed E-state index contributed by atoms with van der Waals surface area (Å²) < 4.78 is 28.9. The lowest BCUT2D eigenvalue weighted by atomic mass is 9.32. The summed E-state index contributed by atoms with van der Waals surface area (Å²) in [4.78, 5) is 15.4. The molecule has 2 N–H and O–H groups in total. The van der Waals surface area contributed by atoms with Gasteiger partial charge in [0.15, 0.2) is 5.78 Å². The largest absolute Gasteiger partial charge is 0.393 e. The van der Waals surface area contributed by atoms with Gasteiger partial charge in [0.2, 0.25) is 10.0 Å². The first-order valence-electron chi connectivity index (χ1n) is 20.5. The van der Waals surface area contributed by atoms with Crippen molar-refractivity contribution in [1.29, 1.82) is 0 Å². The molecule has 7 heteroatoms. The van der Waals surface area contributed by atoms with E-state index in [1.807, 2.05) is 42.5 Å². The van der Waals surface area contributed by atoms with E-state index in [0.29, 0.717) is 36.8 Å². The number of benzene rings is 2. The Morgan fingerprint density at radius 2 is 1.53 bits per heavy atom. The molecular weight excluding hydrogens is 679 g/mol. The van der Waals surface area contributed by atoms with Crippen molar-refractivity contribution in [2.45, 2.75) is 104 Å². The van der Waals surface area contributed by atoms with Crippen molar-refractivity contribution in [3.63, 3.8) is 0 Å². The van der Waals surface area contributed by atoms with Gasteiger partial charge >= 0.3 is 0 Å². The maximum absolute atomic E-state index is 15.4. The van der Waals surface area contributed by atoms with Crippen molar-refractivity contribution in [1.82, 2.24) is 4.31 Å². The number of rotatable bonds is 8. The number of aliphatic hydroxyl groups is 2. The third-order valence-corrected chi connectivity index (χ3v) is 18.8. The second-order valence-electron chi connectivity index (χ2n) is 19.8. The van der Waals surface area contributed by atoms with Gasteiger partial charge in [0, 0.05) is 40.5 Å². The van der Waals surface area contributed by atoms with Crippen molar-refractivity contribution < 1.29 is 23.4 Å². The van der Waals surface area contributed by atoms with E-state index in [0.717, 1.165) is 67.6 Å². The number of allylic oxidation sites excluding steroid dienone is 4. The molecular formula is C46H59NO5S. The van der Waals surface area contributed by atoms with Gasteiger partial charge in [-0.25, -0.2) is 8.42 Å². The van der Waals surface area contributed by atoms with Gasteiger partial charge in [-0.2, -0.15) is 4.31 Å². The van der Waals surface area contributed by atoms with Crippen molar-refractivity contribution in [3.05, 3.63) is 84.0 Å². The van der Waals surface area contributed by atoms with Crippen LogP contribution in [-0.2, 0) is 10.0 Å². The Balaban J connectivity index is 1.13. The molecule has 2 spiro atoms. The van der Waals surface area contributed by atoms with Crippen LogP contribution in [0.5, 0.6) is 0 Å². The molecule has 11 atom stereocenters. The predicted molar refractivity (Wildman–Crippen MR) is 209 cm³/mol. The number of ketones is 1. The molecule has 11 rings (SSSR count). The topological polar surface area (TPSA) is 94.9 Å². The average Bonchev–Trinajstić information content (AvgIpc) is 3.40. The Bertz CT molecular complexity index is 2000. The van der Waals surface area contributed by atoms with Crippen molar-refractivity contribution in [2.75, 3.05) is 19.3 Å². The third kappa shape index (κ3) is 4.85. The lowest BCUT2D eigenvalue weighted by Gasteiger charge is -2.71. The van der Waals surface area contributed by atoms with Crippen molar-refractivity contribution in [2.24, 2.45) is 56.7 Å². The van der Waals surface area contributed by atoms with E-state index < -0.39 is 38.0 Å². The summed E-state index contributed by atoms with van der Waals surface area (Å²) in [6.45, 7) is 9.90. The quantitative estimate of drug-likeness (QED) is 0.210. The summed E-state index contributed by atoms with van der Waals surface area (Å²) in [5.74, 6) is 1.72. The second kappa shape index (κ2) is 11.7. The molecule has 9 aliphatic carbocycles. The highest BCUT2D eigenvalue weighted by Gasteiger charge is 2.74. The highest BCUT2D eigenvalue weighted by Crippen LogP contribution is 2.78. The molecule has 6 nitrogen and oxygen atoms in total. The fourth-order valence-corrected chi connectivity index (χ4v) is 15.3. The minimum Gasteiger partial charge on any atom is -0.393 e. The van der Waals surface area contributed by atoms with E-state index in [2.05, 4.69) is 58.1 Å². The minimum atomic E-state index is -3.59. The third-order valence-electron chi connectivity index (χ3n) is 17.6. The number of carbonyl (C=O) groups excluding carboxylic acids is 1. The SMILES string of the molecule is CC1(C)C2CCC(CN(CC3(O)CCC4C56C=CC7(C=C5C(=O)c5ccccc5-c5ccccc5)CC(O)CCC7(C)C6CCC43C)S(C)(=O)=O)C1C2. The fourth-order valence-electron chi connectivity index (χ4n) is 14.3. The van der Waals surface area contributed by atoms with Crippen LogP contribution in [0.4, 0.5) is 0 Å². The molecule has 284 valence electrons. The van der Waals surface area contributed by atoms with Crippen molar-refractivity contribution in [3.8, 4) is 11.1 Å². The smallest absolute Gasteiger partial charge is 0.211 e. The maximum atomic E-state index is 15.4. The highest BCUT2D eigenvalue weighted by atomic mass is 32.2. The van der Waals surface area contributed by atoms with Crippen LogP contribution in [0.3, 0.4) is 0 Å². The summed E-state index contributed by atoms with van der Waals surface area (Å²) in [7, 11) is -3.59. The van der Waals surface area contributed by atoms with Crippen LogP contribution in [0.1, 0.15) is 102 Å². The molecule has 0 heterocycles. The first-order chi connectivity index (χ1) is 25.0. The van der Waals surface area contributed by atoms with E-state index in [1.165, 1.54) is 12.7 Å². The zero-order valence-electron chi connectivity index (χ0n) is 32.4. The zero-order valence-corrected chi connectivity index (χ0v) is 33.2. The van der Waals surface area contributed by atoms with Gasteiger partial charge in [-0.1, -0.05) is 101 Å². The van der Waals surface area contributed by atoms with Gasteiger partial charge in [0.25, 0.3) is 0 Å². The Morgan fingerprint density at radius 3 is 2.25 bits per heavy atom. The number of carbonyl (C=O) groups is 1. The number of fused-ring (bicyclic) bond motifs is 3. The summed E-state index contributed by atoms with van der Waals surface area (Å²) in [6, 6.07) is 18.1. The number of Topliss-reactive ketones (excluding diaryl/α,β-unsaturated/α-hetero) is 1. The molecule has 0 amide bonds. The van der Waals surface area contributed by atoms with E-state index in [9.17, 15) is 18.6 Å². The van der Waals surface area contributed by atoms with Crippen LogP contribution in [-0.4, -0.2) is 59.8 Å². The Hall–Kier alpha value is -2.58. The lowest BCUT2D eigenvalue weighted by molar-refractivity contribution is -0.174. The van der Waals surface area contributed by atoms with Gasteiger partial charge in [0.1, 0.15) is 0 Å². The summed E-state index contributed by atoms with van der Waals surface area (Å²) >= 11 is 0. The Morgan fingerprint density at radius 1 is 0.849 bits per heavy atom. The molecule has 9 aliphatic rings. The van der Waals surface area contributed by atoms with Crippen LogP contribution in [0.25, 0.3) is 11.1 Å². The van der Waals surface area contributed by atoms with E-state index in [4.69, 9.17) is 0 Å². The summed E-state index contributed by atoms with van der Waals surface area (Å²) in [5.41, 5.74) is 0.659. The number of hydrogen-bond acceptors (Lipinski definition) is 5. The molecule has 0 radical (unpaired) electrons. The molecule has 2 aromatic carbocycles. The molecule has 6 fully saturated rings. The molecule has 0 aromatic heterocycles. The summed E-state index contributed by atoms with van der Waals surface area (Å²) in [6.07, 6.45) is 16.4. The number of nitrogens with zero attached hydrogens (tertiary/aromatic N) is 1. The summed E-state index contributed by atoms with van der Waals surface area (Å²) in [5, 5.41) is 24.2. The van der Waals surface area contributed by atoms with Crippen LogP contribution in [0.15, 0.2) is 78.4 Å². The van der Waals surface area contributed by atoms with Gasteiger partial charge in [-0.3, -0.25) is 4.79 Å². The normalized spacial score (nSPS) is 43.4. The molecule has 0 aliphatic heterocycles. The van der Waals surface area contributed by atoms with Gasteiger partial charge in [0.05, 0.1) is 18.0 Å². The molecule has 2 aromatic rings. The maximum Gasteiger partial charge on any atom is 0.211 e. The first-order valence-corrected chi connectivity index (χ1v) is 22.3. The van der Waals surface area contributed by atoms with Crippen LogP contribution < -0.4 is 0 Å². The fraction of sp³-hybridized carbons (Fsp3) is 0.630. The van der Waals surface area contributed by atoms with E-state index in [1.54, 1.807) is 4.31 Å². The molecule has 53 heavy (non-hydrogen) atoms. The standard InChI is InChI=1S/C46H59NO5S/c1-41(2)32-16-15-31(36(41)25-32)28-47(53(5,51)52)29-45(50)22-19-39-43(45,4)21-18-38-42(3)20-17-33(48)26-44(42)23-24-46(38,39)37(27-44)40(49)35-14-10-9-13-34(35)30-11-7-6-8-12-30/h6-14,23-24,27,31-33,36,38-39,48,50H,15-22,25-26,28-29H2,1-5H3. The van der Waals surface area contributed by atoms with Crippen LogP contribution >= 0.6 is 0 Å². The molecule has 11 unspecified atom stereocenters. The lowest BCUT2D eigenvalue weighted by Crippen LogP contribution is -2.67. The zero-order chi connectivity index (χ0) is 37.4. The number of sulfonamides is 1. The molecule has 6 saturated carbocycles. The highest BCUT2D eigenvalue weighted by molar-refractivity contribution is 7.88. The Labute approximate surface area is 317 Å². The van der Waals surface area contributed by atoms with Crippen LogP contribution in [0, 0.1) is 56.7 Å². The minimum absolute atomic E-state index is 0.0384. The second-order valence-corrected chi connectivity index (χ2v) is 21.8. The van der Waals surface area contributed by atoms with Gasteiger partial charge in [-0.05, 0) is 116 Å². The first kappa shape index (κ1) is 36.1. The molecule has 4 bridgehead atoms. The van der Waals surface area contributed by atoms with Gasteiger partial charge < -0.3 is 10.2 Å². The van der Waals surface area contributed by atoms with Crippen LogP contribution in [0.2, 0.25) is 0 Å².